The monoisotopic (exact) mass is 348 g/mol. The molecule has 0 aromatic heterocycles. The van der Waals surface area contributed by atoms with Gasteiger partial charge in [0.25, 0.3) is 0 Å². The number of ketones is 1. The Labute approximate surface area is 143 Å². The quantitative estimate of drug-likeness (QED) is 0.736. The second kappa shape index (κ2) is 7.13. The first-order chi connectivity index (χ1) is 11.6. The summed E-state index contributed by atoms with van der Waals surface area (Å²) in [6.07, 6.45) is 0.698. The number of benzene rings is 2. The van der Waals surface area contributed by atoms with Gasteiger partial charge in [0.1, 0.15) is 17.4 Å². The highest BCUT2D eigenvalue weighted by Crippen LogP contribution is 2.40. The first-order valence-electron chi connectivity index (χ1n) is 7.45. The predicted molar refractivity (Wildman–Crippen MR) is 89.9 cm³/mol. The number of thioether (sulfide) groups is 1. The smallest absolute Gasteiger partial charge is 0.167 e. The molecule has 6 heteroatoms. The Balaban J connectivity index is 1.74. The van der Waals surface area contributed by atoms with Crippen molar-refractivity contribution in [3.8, 4) is 17.2 Å². The molecule has 0 aliphatic carbocycles. The van der Waals surface area contributed by atoms with Gasteiger partial charge in [-0.25, -0.2) is 4.39 Å². The number of carbonyl (C=O) groups is 1. The fourth-order valence-corrected chi connectivity index (χ4v) is 3.33. The lowest BCUT2D eigenvalue weighted by atomic mass is 10.0. The summed E-state index contributed by atoms with van der Waals surface area (Å²) in [5, 5.41) is 0. The molecule has 0 unspecified atom stereocenters. The van der Waals surface area contributed by atoms with E-state index in [1.54, 1.807) is 30.0 Å². The fourth-order valence-electron chi connectivity index (χ4n) is 2.57. The summed E-state index contributed by atoms with van der Waals surface area (Å²) in [7, 11) is 2.96. The molecular formula is C18H17FO4S. The van der Waals surface area contributed by atoms with E-state index in [0.717, 1.165) is 10.5 Å². The van der Waals surface area contributed by atoms with Crippen molar-refractivity contribution in [2.45, 2.75) is 17.7 Å². The summed E-state index contributed by atoms with van der Waals surface area (Å²) in [6, 6.07) is 8.27. The van der Waals surface area contributed by atoms with Gasteiger partial charge in [-0.1, -0.05) is 17.8 Å². The molecule has 0 radical (unpaired) electrons. The molecule has 0 N–H and O–H groups in total. The van der Waals surface area contributed by atoms with Gasteiger partial charge in [-0.05, 0) is 36.2 Å². The van der Waals surface area contributed by atoms with E-state index in [9.17, 15) is 9.18 Å². The van der Waals surface area contributed by atoms with Gasteiger partial charge in [0.05, 0.1) is 24.7 Å². The van der Waals surface area contributed by atoms with Crippen LogP contribution < -0.4 is 14.2 Å². The average Bonchev–Trinajstić information content (AvgIpc) is 3.06. The van der Waals surface area contributed by atoms with E-state index in [4.69, 9.17) is 14.2 Å². The van der Waals surface area contributed by atoms with Crippen molar-refractivity contribution in [2.75, 3.05) is 20.2 Å². The first kappa shape index (κ1) is 16.6. The van der Waals surface area contributed by atoms with Crippen LogP contribution in [0.5, 0.6) is 17.2 Å². The van der Waals surface area contributed by atoms with Crippen molar-refractivity contribution in [1.29, 1.82) is 0 Å². The van der Waals surface area contributed by atoms with Crippen LogP contribution in [0, 0.1) is 5.82 Å². The van der Waals surface area contributed by atoms with Crippen LogP contribution in [-0.4, -0.2) is 25.9 Å². The average molecular weight is 348 g/mol. The summed E-state index contributed by atoms with van der Waals surface area (Å²) in [5.41, 5.74) is 1.24. The third-order valence-corrected chi connectivity index (χ3v) is 4.72. The molecule has 0 fully saturated rings. The number of methoxy groups -OCH3 is 2. The SMILES string of the molecule is COc1ccc(CCC(=O)c2cc3c(cc2OC)SCO3)cc1F. The molecule has 24 heavy (non-hydrogen) atoms. The standard InChI is InChI=1S/C18H17FO4S/c1-21-15-6-4-11(7-13(15)19)3-5-14(20)12-8-17-18(24-10-23-17)9-16(12)22-2/h4,6-9H,3,5,10H2,1-2H3. The highest BCUT2D eigenvalue weighted by atomic mass is 32.2. The van der Waals surface area contributed by atoms with E-state index in [2.05, 4.69) is 0 Å². The lowest BCUT2D eigenvalue weighted by molar-refractivity contribution is 0.0979. The molecule has 2 aromatic rings. The van der Waals surface area contributed by atoms with E-state index < -0.39 is 5.82 Å². The molecule has 2 aromatic carbocycles. The van der Waals surface area contributed by atoms with Crippen LogP contribution in [0.2, 0.25) is 0 Å². The van der Waals surface area contributed by atoms with Gasteiger partial charge < -0.3 is 14.2 Å². The third-order valence-electron chi connectivity index (χ3n) is 3.85. The maximum atomic E-state index is 13.7. The van der Waals surface area contributed by atoms with E-state index in [-0.39, 0.29) is 18.0 Å². The minimum absolute atomic E-state index is 0.0635. The van der Waals surface area contributed by atoms with E-state index in [1.807, 2.05) is 6.07 Å². The van der Waals surface area contributed by atoms with Crippen LogP contribution >= 0.6 is 11.8 Å². The molecule has 0 saturated carbocycles. The summed E-state index contributed by atoms with van der Waals surface area (Å²) in [5.74, 6) is 1.49. The van der Waals surface area contributed by atoms with Gasteiger partial charge >= 0.3 is 0 Å². The number of carbonyl (C=O) groups excluding carboxylic acids is 1. The van der Waals surface area contributed by atoms with Crippen molar-refractivity contribution in [2.24, 2.45) is 0 Å². The Morgan fingerprint density at radius 1 is 1.21 bits per heavy atom. The zero-order valence-corrected chi connectivity index (χ0v) is 14.2. The Morgan fingerprint density at radius 2 is 2.00 bits per heavy atom. The topological polar surface area (TPSA) is 44.8 Å². The van der Waals surface area contributed by atoms with E-state index in [1.165, 1.54) is 20.3 Å². The Bertz CT molecular complexity index is 776. The van der Waals surface area contributed by atoms with Crippen molar-refractivity contribution in [3.63, 3.8) is 0 Å². The lowest BCUT2D eigenvalue weighted by Gasteiger charge is -2.10. The van der Waals surface area contributed by atoms with Gasteiger partial charge in [0.2, 0.25) is 0 Å². The van der Waals surface area contributed by atoms with Crippen molar-refractivity contribution < 1.29 is 23.4 Å². The van der Waals surface area contributed by atoms with Gasteiger partial charge in [-0.15, -0.1) is 0 Å². The van der Waals surface area contributed by atoms with Crippen molar-refractivity contribution in [3.05, 3.63) is 47.3 Å². The van der Waals surface area contributed by atoms with Gasteiger partial charge in [-0.2, -0.15) is 0 Å². The molecule has 0 bridgehead atoms. The molecule has 4 nitrogen and oxygen atoms in total. The summed E-state index contributed by atoms with van der Waals surface area (Å²) < 4.78 is 29.4. The lowest BCUT2D eigenvalue weighted by Crippen LogP contribution is -2.04. The first-order valence-corrected chi connectivity index (χ1v) is 8.44. The molecule has 1 aliphatic heterocycles. The molecule has 3 rings (SSSR count). The largest absolute Gasteiger partial charge is 0.496 e. The van der Waals surface area contributed by atoms with Crippen LogP contribution in [0.15, 0.2) is 35.2 Å². The molecule has 0 amide bonds. The number of ether oxygens (including phenoxy) is 3. The molecular weight excluding hydrogens is 331 g/mol. The van der Waals surface area contributed by atoms with Crippen LogP contribution in [0.1, 0.15) is 22.3 Å². The van der Waals surface area contributed by atoms with Crippen LogP contribution in [0.25, 0.3) is 0 Å². The van der Waals surface area contributed by atoms with Crippen LogP contribution in [0.3, 0.4) is 0 Å². The highest BCUT2D eigenvalue weighted by molar-refractivity contribution is 7.99. The van der Waals surface area contributed by atoms with Crippen LogP contribution in [-0.2, 0) is 6.42 Å². The highest BCUT2D eigenvalue weighted by Gasteiger charge is 2.21. The van der Waals surface area contributed by atoms with Crippen LogP contribution in [0.4, 0.5) is 4.39 Å². The molecule has 0 saturated heterocycles. The number of hydrogen-bond acceptors (Lipinski definition) is 5. The second-order valence-corrected chi connectivity index (χ2v) is 6.26. The Morgan fingerprint density at radius 3 is 2.71 bits per heavy atom. The van der Waals surface area contributed by atoms with Gasteiger partial charge in [0, 0.05) is 6.42 Å². The zero-order chi connectivity index (χ0) is 17.1. The molecule has 126 valence electrons. The molecule has 1 heterocycles. The normalized spacial score (nSPS) is 12.5. The number of Topliss-reactive ketones (excluding diaryl/α,β-unsaturated/α-hetero) is 1. The van der Waals surface area contributed by atoms with E-state index >= 15 is 0 Å². The van der Waals surface area contributed by atoms with Crippen molar-refractivity contribution in [1.82, 2.24) is 0 Å². The minimum atomic E-state index is -0.428. The number of fused-ring (bicyclic) bond motifs is 1. The number of aryl methyl sites for hydroxylation is 1. The molecule has 1 aliphatic rings. The summed E-state index contributed by atoms with van der Waals surface area (Å²) in [6.45, 7) is 0. The third kappa shape index (κ3) is 3.33. The maximum Gasteiger partial charge on any atom is 0.167 e. The minimum Gasteiger partial charge on any atom is -0.496 e. The van der Waals surface area contributed by atoms with Gasteiger partial charge in [0.15, 0.2) is 17.3 Å². The predicted octanol–water partition coefficient (Wildman–Crippen LogP) is 4.10. The maximum absolute atomic E-state index is 13.7. The number of rotatable bonds is 6. The Hall–Kier alpha value is -2.21. The van der Waals surface area contributed by atoms with E-state index in [0.29, 0.717) is 29.4 Å². The zero-order valence-electron chi connectivity index (χ0n) is 13.4. The fraction of sp³-hybridized carbons (Fsp3) is 0.278. The number of halogens is 1. The molecule has 0 atom stereocenters. The van der Waals surface area contributed by atoms with Gasteiger partial charge in [-0.3, -0.25) is 4.79 Å². The number of hydrogen-bond donors (Lipinski definition) is 0. The summed E-state index contributed by atoms with van der Waals surface area (Å²) in [4.78, 5) is 13.5. The Kier molecular flexibility index (Phi) is 4.94. The second-order valence-electron chi connectivity index (χ2n) is 5.30. The van der Waals surface area contributed by atoms with Crippen molar-refractivity contribution >= 4 is 17.5 Å². The summed E-state index contributed by atoms with van der Waals surface area (Å²) >= 11 is 1.57. The molecule has 0 spiro atoms.